The van der Waals surface area contributed by atoms with Crippen molar-refractivity contribution in [1.82, 2.24) is 0 Å². The summed E-state index contributed by atoms with van der Waals surface area (Å²) < 4.78 is 0. The zero-order valence-corrected chi connectivity index (χ0v) is 13.8. The molecule has 0 fully saturated rings. The van der Waals surface area contributed by atoms with E-state index in [1.807, 2.05) is 18.2 Å². The van der Waals surface area contributed by atoms with E-state index >= 15 is 0 Å². The molecule has 0 saturated carbocycles. The molecule has 1 atom stereocenters. The maximum Gasteiger partial charge on any atom is 0.0665 e. The first kappa shape index (κ1) is 13.4. The lowest BCUT2D eigenvalue weighted by atomic mass is 9.95. The largest absolute Gasteiger partial charge is 0.0840 e. The minimum atomic E-state index is 0.121. The fraction of sp³-hybridized carbons (Fsp3) is 0.158. The van der Waals surface area contributed by atoms with Gasteiger partial charge in [-0.25, -0.2) is 0 Å². The standard InChI is InChI=1S/C19H14BrCl/c20-19(16-5-1-2-7-17(16)21)15-11-10-13-9-8-12-4-3-6-14(15)18(12)13/h1-7,10-11,19H,8-9H2. The first-order valence-corrected chi connectivity index (χ1v) is 8.47. The van der Waals surface area contributed by atoms with Crippen LogP contribution < -0.4 is 0 Å². The Morgan fingerprint density at radius 2 is 1.57 bits per heavy atom. The number of benzene rings is 3. The third kappa shape index (κ3) is 2.11. The van der Waals surface area contributed by atoms with Crippen LogP contribution in [0.25, 0.3) is 10.8 Å². The van der Waals surface area contributed by atoms with Gasteiger partial charge in [-0.15, -0.1) is 0 Å². The Morgan fingerprint density at radius 1 is 0.810 bits per heavy atom. The smallest absolute Gasteiger partial charge is 0.0665 e. The van der Waals surface area contributed by atoms with Gasteiger partial charge in [-0.05, 0) is 51.9 Å². The summed E-state index contributed by atoms with van der Waals surface area (Å²) in [6.45, 7) is 0. The predicted octanol–water partition coefficient (Wildman–Crippen LogP) is 6.08. The molecule has 4 rings (SSSR count). The van der Waals surface area contributed by atoms with Crippen LogP contribution in [0.4, 0.5) is 0 Å². The highest BCUT2D eigenvalue weighted by Gasteiger charge is 2.20. The Morgan fingerprint density at radius 3 is 2.38 bits per heavy atom. The third-order valence-electron chi connectivity index (χ3n) is 4.36. The summed E-state index contributed by atoms with van der Waals surface area (Å²) in [5.41, 5.74) is 5.37. The van der Waals surface area contributed by atoms with Crippen LogP contribution in [-0.2, 0) is 12.8 Å². The van der Waals surface area contributed by atoms with Crippen molar-refractivity contribution < 1.29 is 0 Å². The van der Waals surface area contributed by atoms with E-state index in [1.54, 1.807) is 0 Å². The van der Waals surface area contributed by atoms with Crippen molar-refractivity contribution in [2.45, 2.75) is 17.7 Å². The SMILES string of the molecule is Clc1ccccc1C(Br)c1ccc2c3c(cccc13)CC2. The van der Waals surface area contributed by atoms with Crippen molar-refractivity contribution in [3.05, 3.63) is 81.9 Å². The zero-order valence-electron chi connectivity index (χ0n) is 11.4. The summed E-state index contributed by atoms with van der Waals surface area (Å²) >= 11 is 10.2. The van der Waals surface area contributed by atoms with Gasteiger partial charge in [0.1, 0.15) is 0 Å². The lowest BCUT2D eigenvalue weighted by Gasteiger charge is -2.16. The highest BCUT2D eigenvalue weighted by atomic mass is 79.9. The summed E-state index contributed by atoms with van der Waals surface area (Å²) in [4.78, 5) is 0.121. The van der Waals surface area contributed by atoms with Gasteiger partial charge in [0.15, 0.2) is 0 Å². The average Bonchev–Trinajstić information content (AvgIpc) is 2.93. The van der Waals surface area contributed by atoms with Gasteiger partial charge in [0.05, 0.1) is 4.83 Å². The summed E-state index contributed by atoms with van der Waals surface area (Å²) in [7, 11) is 0. The molecule has 3 aromatic carbocycles. The molecule has 0 aromatic heterocycles. The van der Waals surface area contributed by atoms with Crippen molar-refractivity contribution >= 4 is 38.3 Å². The molecule has 21 heavy (non-hydrogen) atoms. The molecule has 3 aromatic rings. The van der Waals surface area contributed by atoms with Crippen LogP contribution in [0.2, 0.25) is 5.02 Å². The predicted molar refractivity (Wildman–Crippen MR) is 93.6 cm³/mol. The van der Waals surface area contributed by atoms with Crippen molar-refractivity contribution in [3.63, 3.8) is 0 Å². The lowest BCUT2D eigenvalue weighted by molar-refractivity contribution is 1.02. The van der Waals surface area contributed by atoms with E-state index in [0.29, 0.717) is 0 Å². The highest BCUT2D eigenvalue weighted by Crippen LogP contribution is 2.41. The van der Waals surface area contributed by atoms with Gasteiger partial charge < -0.3 is 0 Å². The van der Waals surface area contributed by atoms with E-state index in [2.05, 4.69) is 52.3 Å². The fourth-order valence-electron chi connectivity index (χ4n) is 3.34. The van der Waals surface area contributed by atoms with Crippen LogP contribution in [0, 0.1) is 0 Å². The van der Waals surface area contributed by atoms with Crippen LogP contribution in [0.15, 0.2) is 54.6 Å². The molecule has 1 aliphatic rings. The molecule has 0 N–H and O–H groups in total. The average molecular weight is 358 g/mol. The van der Waals surface area contributed by atoms with Crippen LogP contribution in [0.3, 0.4) is 0 Å². The second-order valence-corrected chi connectivity index (χ2v) is 6.86. The summed E-state index contributed by atoms with van der Waals surface area (Å²) in [6.07, 6.45) is 2.32. The number of aryl methyl sites for hydroxylation is 2. The van der Waals surface area contributed by atoms with Crippen LogP contribution >= 0.6 is 27.5 Å². The Hall–Kier alpha value is -1.31. The summed E-state index contributed by atoms with van der Waals surface area (Å²) in [5.74, 6) is 0. The molecule has 0 amide bonds. The number of halogens is 2. The zero-order chi connectivity index (χ0) is 14.4. The molecule has 0 spiro atoms. The number of rotatable bonds is 2. The van der Waals surface area contributed by atoms with Crippen molar-refractivity contribution in [1.29, 1.82) is 0 Å². The maximum absolute atomic E-state index is 6.37. The van der Waals surface area contributed by atoms with E-state index < -0.39 is 0 Å². The molecule has 1 aliphatic carbocycles. The van der Waals surface area contributed by atoms with Crippen molar-refractivity contribution in [2.75, 3.05) is 0 Å². The molecule has 0 nitrogen and oxygen atoms in total. The second kappa shape index (κ2) is 5.15. The molecule has 0 saturated heterocycles. The Balaban J connectivity index is 1.94. The molecular weight excluding hydrogens is 344 g/mol. The summed E-state index contributed by atoms with van der Waals surface area (Å²) in [6, 6.07) is 19.2. The molecule has 2 heteroatoms. The lowest BCUT2D eigenvalue weighted by Crippen LogP contribution is -1.96. The monoisotopic (exact) mass is 356 g/mol. The molecule has 0 aliphatic heterocycles. The molecule has 0 radical (unpaired) electrons. The van der Waals surface area contributed by atoms with Gasteiger partial charge in [-0.2, -0.15) is 0 Å². The number of alkyl halides is 1. The Bertz CT molecular complexity index is 828. The van der Waals surface area contributed by atoms with E-state index in [9.17, 15) is 0 Å². The van der Waals surface area contributed by atoms with Crippen molar-refractivity contribution in [2.24, 2.45) is 0 Å². The topological polar surface area (TPSA) is 0 Å². The van der Waals surface area contributed by atoms with Gasteiger partial charge >= 0.3 is 0 Å². The molecular formula is C19H14BrCl. The first-order valence-electron chi connectivity index (χ1n) is 7.17. The highest BCUT2D eigenvalue weighted by molar-refractivity contribution is 9.09. The van der Waals surface area contributed by atoms with E-state index in [-0.39, 0.29) is 4.83 Å². The van der Waals surface area contributed by atoms with Gasteiger partial charge in [-0.3, -0.25) is 0 Å². The summed E-state index contributed by atoms with van der Waals surface area (Å²) in [5, 5.41) is 3.61. The van der Waals surface area contributed by atoms with E-state index in [1.165, 1.54) is 27.5 Å². The quantitative estimate of drug-likeness (QED) is 0.488. The van der Waals surface area contributed by atoms with Gasteiger partial charge in [0.2, 0.25) is 0 Å². The maximum atomic E-state index is 6.37. The number of hydrogen-bond acceptors (Lipinski definition) is 0. The van der Waals surface area contributed by atoms with E-state index in [0.717, 1.165) is 23.4 Å². The second-order valence-electron chi connectivity index (χ2n) is 5.54. The first-order chi connectivity index (χ1) is 10.3. The molecule has 104 valence electrons. The number of hydrogen-bond donors (Lipinski definition) is 0. The minimum Gasteiger partial charge on any atom is -0.0840 e. The van der Waals surface area contributed by atoms with Gasteiger partial charge in [0, 0.05) is 5.02 Å². The fourth-order valence-corrected chi connectivity index (χ4v) is 4.51. The van der Waals surface area contributed by atoms with Crippen LogP contribution in [0.1, 0.15) is 27.1 Å². The molecule has 0 bridgehead atoms. The van der Waals surface area contributed by atoms with Crippen molar-refractivity contribution in [3.8, 4) is 0 Å². The van der Waals surface area contributed by atoms with E-state index in [4.69, 9.17) is 11.6 Å². The van der Waals surface area contributed by atoms with Gasteiger partial charge in [-0.1, -0.05) is 76.1 Å². The third-order valence-corrected chi connectivity index (χ3v) is 5.69. The van der Waals surface area contributed by atoms with Crippen LogP contribution in [0.5, 0.6) is 0 Å². The Labute approximate surface area is 137 Å². The molecule has 1 unspecified atom stereocenters. The Kier molecular flexibility index (Phi) is 3.28. The van der Waals surface area contributed by atoms with Crippen LogP contribution in [-0.4, -0.2) is 0 Å². The minimum absolute atomic E-state index is 0.121. The molecule has 0 heterocycles. The van der Waals surface area contributed by atoms with Gasteiger partial charge in [0.25, 0.3) is 0 Å². The normalized spacial score (nSPS) is 14.6.